The highest BCUT2D eigenvalue weighted by Gasteiger charge is 2.32. The zero-order chi connectivity index (χ0) is 16.1. The van der Waals surface area contributed by atoms with E-state index in [9.17, 15) is 4.79 Å². The van der Waals surface area contributed by atoms with Crippen LogP contribution in [0, 0.1) is 0 Å². The van der Waals surface area contributed by atoms with E-state index in [1.165, 1.54) is 0 Å². The van der Waals surface area contributed by atoms with Crippen molar-refractivity contribution in [3.63, 3.8) is 0 Å². The number of nitrogens with zero attached hydrogens (tertiary/aromatic N) is 1. The lowest BCUT2D eigenvalue weighted by atomic mass is 10.1. The number of nitrogens with one attached hydrogen (secondary N) is 1. The number of ether oxygens (including phenoxy) is 2. The Morgan fingerprint density at radius 1 is 1.29 bits per heavy atom. The Balaban J connectivity index is 2.42. The summed E-state index contributed by atoms with van der Waals surface area (Å²) in [5.41, 5.74) is -0.612. The summed E-state index contributed by atoms with van der Waals surface area (Å²) in [6.45, 7) is 14.9. The molecule has 1 amide bonds. The maximum Gasteiger partial charge on any atom is 0.410 e. The standard InChI is InChI=1S/C16H32N2O3/c1-7-20-16(5,6)12-17-11-13-9-8-10-18(13)14(19)21-15(2,3)4/h13,17H,7-12H2,1-6H3. The second-order valence-corrected chi connectivity index (χ2v) is 7.29. The molecule has 1 aliphatic heterocycles. The Morgan fingerprint density at radius 3 is 2.52 bits per heavy atom. The van der Waals surface area contributed by atoms with Crippen LogP contribution in [0.5, 0.6) is 0 Å². The van der Waals surface area contributed by atoms with E-state index in [1.807, 2.05) is 32.6 Å². The summed E-state index contributed by atoms with van der Waals surface area (Å²) in [4.78, 5) is 14.0. The van der Waals surface area contributed by atoms with Crippen LogP contribution in [0.25, 0.3) is 0 Å². The zero-order valence-corrected chi connectivity index (χ0v) is 14.5. The maximum atomic E-state index is 12.2. The smallest absolute Gasteiger partial charge is 0.410 e. The summed E-state index contributed by atoms with van der Waals surface area (Å²) in [6.07, 6.45) is 1.87. The van der Waals surface area contributed by atoms with Gasteiger partial charge in [-0.3, -0.25) is 0 Å². The van der Waals surface area contributed by atoms with Crippen molar-refractivity contribution in [3.8, 4) is 0 Å². The predicted molar refractivity (Wildman–Crippen MR) is 84.5 cm³/mol. The highest BCUT2D eigenvalue weighted by Crippen LogP contribution is 2.20. The van der Waals surface area contributed by atoms with Gasteiger partial charge in [-0.05, 0) is 54.4 Å². The first-order valence-corrected chi connectivity index (χ1v) is 7.99. The monoisotopic (exact) mass is 300 g/mol. The average molecular weight is 300 g/mol. The van der Waals surface area contributed by atoms with Gasteiger partial charge in [0, 0.05) is 32.3 Å². The van der Waals surface area contributed by atoms with E-state index in [2.05, 4.69) is 19.2 Å². The molecule has 1 rings (SSSR count). The van der Waals surface area contributed by atoms with Crippen LogP contribution >= 0.6 is 0 Å². The molecule has 1 fully saturated rings. The average Bonchev–Trinajstić information content (AvgIpc) is 2.74. The number of carbonyl (C=O) groups excluding carboxylic acids is 1. The minimum absolute atomic E-state index is 0.176. The van der Waals surface area contributed by atoms with E-state index in [1.54, 1.807) is 0 Å². The van der Waals surface area contributed by atoms with Crippen molar-refractivity contribution in [1.29, 1.82) is 0 Å². The van der Waals surface area contributed by atoms with E-state index in [-0.39, 0.29) is 17.7 Å². The predicted octanol–water partition coefficient (Wildman–Crippen LogP) is 2.79. The fourth-order valence-corrected chi connectivity index (χ4v) is 2.59. The molecule has 124 valence electrons. The van der Waals surface area contributed by atoms with Crippen LogP contribution in [0.4, 0.5) is 4.79 Å². The Hall–Kier alpha value is -0.810. The summed E-state index contributed by atoms with van der Waals surface area (Å²) in [5.74, 6) is 0. The van der Waals surface area contributed by atoms with Crippen LogP contribution < -0.4 is 5.32 Å². The molecule has 5 nitrogen and oxygen atoms in total. The van der Waals surface area contributed by atoms with Crippen molar-refractivity contribution in [2.45, 2.75) is 71.6 Å². The SMILES string of the molecule is CCOC(C)(C)CNCC1CCCN1C(=O)OC(C)(C)C. The van der Waals surface area contributed by atoms with E-state index < -0.39 is 5.60 Å². The van der Waals surface area contributed by atoms with Gasteiger partial charge in [0.05, 0.1) is 5.60 Å². The van der Waals surface area contributed by atoms with Crippen LogP contribution in [0.15, 0.2) is 0 Å². The number of carbonyl (C=O) groups is 1. The van der Waals surface area contributed by atoms with Gasteiger partial charge < -0.3 is 19.7 Å². The van der Waals surface area contributed by atoms with Gasteiger partial charge in [0.2, 0.25) is 0 Å². The molecule has 21 heavy (non-hydrogen) atoms. The Kier molecular flexibility index (Phi) is 6.47. The largest absolute Gasteiger partial charge is 0.444 e. The van der Waals surface area contributed by atoms with Gasteiger partial charge in [0.25, 0.3) is 0 Å². The molecule has 1 saturated heterocycles. The van der Waals surface area contributed by atoms with Gasteiger partial charge in [-0.15, -0.1) is 0 Å². The number of rotatable bonds is 6. The van der Waals surface area contributed by atoms with Gasteiger partial charge in [-0.25, -0.2) is 4.79 Å². The number of amides is 1. The summed E-state index contributed by atoms with van der Waals surface area (Å²) in [5, 5.41) is 3.43. The summed E-state index contributed by atoms with van der Waals surface area (Å²) in [6, 6.07) is 0.220. The highest BCUT2D eigenvalue weighted by molar-refractivity contribution is 5.69. The fourth-order valence-electron chi connectivity index (χ4n) is 2.59. The molecule has 5 heteroatoms. The van der Waals surface area contributed by atoms with E-state index in [0.29, 0.717) is 6.61 Å². The lowest BCUT2D eigenvalue weighted by Gasteiger charge is -2.30. The van der Waals surface area contributed by atoms with E-state index in [4.69, 9.17) is 9.47 Å². The first-order valence-electron chi connectivity index (χ1n) is 7.99. The molecule has 0 aromatic heterocycles. The quantitative estimate of drug-likeness (QED) is 0.819. The molecule has 1 aliphatic rings. The number of hydrogen-bond donors (Lipinski definition) is 1. The van der Waals surface area contributed by atoms with Crippen molar-refractivity contribution in [3.05, 3.63) is 0 Å². The molecular weight excluding hydrogens is 268 g/mol. The van der Waals surface area contributed by atoms with Crippen molar-refractivity contribution in [2.75, 3.05) is 26.2 Å². The molecule has 0 aromatic rings. The zero-order valence-electron chi connectivity index (χ0n) is 14.5. The summed E-state index contributed by atoms with van der Waals surface area (Å²) in [7, 11) is 0. The minimum Gasteiger partial charge on any atom is -0.444 e. The fraction of sp³-hybridized carbons (Fsp3) is 0.938. The molecule has 0 radical (unpaired) electrons. The first-order chi connectivity index (χ1) is 9.64. The van der Waals surface area contributed by atoms with E-state index >= 15 is 0 Å². The van der Waals surface area contributed by atoms with Gasteiger partial charge in [0.15, 0.2) is 0 Å². The number of likely N-dealkylation sites (tertiary alicyclic amines) is 1. The Labute approximate surface area is 129 Å². The highest BCUT2D eigenvalue weighted by atomic mass is 16.6. The maximum absolute atomic E-state index is 12.2. The van der Waals surface area contributed by atoms with Gasteiger partial charge in [-0.1, -0.05) is 0 Å². The number of hydrogen-bond acceptors (Lipinski definition) is 4. The normalized spacial score (nSPS) is 19.9. The molecule has 0 aliphatic carbocycles. The molecule has 0 saturated carbocycles. The van der Waals surface area contributed by atoms with Crippen molar-refractivity contribution >= 4 is 6.09 Å². The first kappa shape index (κ1) is 18.2. The second-order valence-electron chi connectivity index (χ2n) is 7.29. The van der Waals surface area contributed by atoms with Gasteiger partial charge >= 0.3 is 6.09 Å². The third-order valence-electron chi connectivity index (χ3n) is 3.47. The third-order valence-corrected chi connectivity index (χ3v) is 3.47. The Morgan fingerprint density at radius 2 is 1.95 bits per heavy atom. The van der Waals surface area contributed by atoms with Crippen molar-refractivity contribution < 1.29 is 14.3 Å². The molecule has 0 spiro atoms. The molecule has 0 bridgehead atoms. The topological polar surface area (TPSA) is 50.8 Å². The third kappa shape index (κ3) is 6.66. The van der Waals surface area contributed by atoms with Gasteiger partial charge in [-0.2, -0.15) is 0 Å². The molecular formula is C16H32N2O3. The molecule has 1 N–H and O–H groups in total. The van der Waals surface area contributed by atoms with Crippen LogP contribution in [0.3, 0.4) is 0 Å². The molecule has 1 unspecified atom stereocenters. The van der Waals surface area contributed by atoms with Crippen LogP contribution in [-0.4, -0.2) is 54.5 Å². The van der Waals surface area contributed by atoms with E-state index in [0.717, 1.165) is 32.5 Å². The molecule has 1 heterocycles. The lowest BCUT2D eigenvalue weighted by Crippen LogP contribution is -2.46. The van der Waals surface area contributed by atoms with Crippen molar-refractivity contribution in [2.24, 2.45) is 0 Å². The lowest BCUT2D eigenvalue weighted by molar-refractivity contribution is -0.00991. The van der Waals surface area contributed by atoms with Crippen LogP contribution in [0.2, 0.25) is 0 Å². The van der Waals surface area contributed by atoms with Crippen LogP contribution in [-0.2, 0) is 9.47 Å². The molecule has 0 aromatic carbocycles. The summed E-state index contributed by atoms with van der Waals surface area (Å²) >= 11 is 0. The Bertz CT molecular complexity index is 337. The molecule has 1 atom stereocenters. The van der Waals surface area contributed by atoms with Gasteiger partial charge in [0.1, 0.15) is 5.60 Å². The summed E-state index contributed by atoms with van der Waals surface area (Å²) < 4.78 is 11.1. The minimum atomic E-state index is -0.436. The second kappa shape index (κ2) is 7.45. The van der Waals surface area contributed by atoms with Crippen LogP contribution in [0.1, 0.15) is 54.4 Å². The van der Waals surface area contributed by atoms with Crippen molar-refractivity contribution in [1.82, 2.24) is 10.2 Å².